The molecule has 5 nitrogen and oxygen atoms in total. The van der Waals surface area contributed by atoms with E-state index in [2.05, 4.69) is 22.5 Å². The molecule has 33 heavy (non-hydrogen) atoms. The second-order valence-corrected chi connectivity index (χ2v) is 7.99. The lowest BCUT2D eigenvalue weighted by Crippen LogP contribution is -2.35. The largest absolute Gasteiger partial charge is 0.348 e. The Morgan fingerprint density at radius 1 is 0.818 bits per heavy atom. The van der Waals surface area contributed by atoms with Crippen LogP contribution in [0.5, 0.6) is 0 Å². The van der Waals surface area contributed by atoms with Crippen LogP contribution in [0, 0.1) is 0 Å². The fourth-order valence-corrected chi connectivity index (χ4v) is 3.86. The standard InChI is InChI=1S/C28H27N3O2/c32-27(21-31-28(33)20-19-26(30-31)24-16-8-3-9-17-24)29-25(23-14-6-2-7-15-23)18-10-13-22-11-4-1-5-12-22/h1-9,11-12,14-17,19-20,25H,10,13,18,21H2,(H,29,32). The molecule has 166 valence electrons. The van der Waals surface area contributed by atoms with Crippen molar-refractivity contribution in [2.24, 2.45) is 0 Å². The van der Waals surface area contributed by atoms with Crippen LogP contribution in [0.1, 0.15) is 30.0 Å². The SMILES string of the molecule is O=C(Cn1nc(-c2ccccc2)ccc1=O)NC(CCCc1ccccc1)c1ccccc1. The zero-order valence-electron chi connectivity index (χ0n) is 18.4. The zero-order valence-corrected chi connectivity index (χ0v) is 18.4. The third-order valence-corrected chi connectivity index (χ3v) is 5.57. The number of carbonyl (C=O) groups is 1. The monoisotopic (exact) mass is 437 g/mol. The van der Waals surface area contributed by atoms with E-state index in [0.29, 0.717) is 5.69 Å². The molecular formula is C28H27N3O2. The van der Waals surface area contributed by atoms with Crippen LogP contribution < -0.4 is 10.9 Å². The van der Waals surface area contributed by atoms with Gasteiger partial charge in [0.05, 0.1) is 11.7 Å². The number of hydrogen-bond donors (Lipinski definition) is 1. The number of benzene rings is 3. The van der Waals surface area contributed by atoms with E-state index >= 15 is 0 Å². The first kappa shape index (κ1) is 22.2. The molecule has 0 radical (unpaired) electrons. The maximum atomic E-state index is 12.9. The van der Waals surface area contributed by atoms with Gasteiger partial charge in [-0.1, -0.05) is 91.0 Å². The lowest BCUT2D eigenvalue weighted by atomic mass is 9.99. The zero-order chi connectivity index (χ0) is 22.9. The molecular weight excluding hydrogens is 410 g/mol. The molecule has 0 spiro atoms. The molecule has 0 bridgehead atoms. The molecule has 1 heterocycles. The van der Waals surface area contributed by atoms with Crippen molar-refractivity contribution in [2.45, 2.75) is 31.8 Å². The van der Waals surface area contributed by atoms with Crippen molar-refractivity contribution in [1.29, 1.82) is 0 Å². The van der Waals surface area contributed by atoms with Crippen molar-refractivity contribution in [1.82, 2.24) is 15.1 Å². The van der Waals surface area contributed by atoms with Crippen LogP contribution in [0.25, 0.3) is 11.3 Å². The van der Waals surface area contributed by atoms with Crippen LogP contribution in [0.2, 0.25) is 0 Å². The molecule has 0 saturated carbocycles. The highest BCUT2D eigenvalue weighted by Gasteiger charge is 2.16. The smallest absolute Gasteiger partial charge is 0.267 e. The van der Waals surface area contributed by atoms with Gasteiger partial charge >= 0.3 is 0 Å². The van der Waals surface area contributed by atoms with E-state index in [1.807, 2.05) is 78.9 Å². The molecule has 0 saturated heterocycles. The first-order chi connectivity index (χ1) is 16.2. The molecule has 0 aliphatic rings. The summed E-state index contributed by atoms with van der Waals surface area (Å²) in [5, 5.41) is 7.52. The fraction of sp³-hybridized carbons (Fsp3) is 0.179. The molecule has 4 rings (SSSR count). The molecule has 4 aromatic rings. The summed E-state index contributed by atoms with van der Waals surface area (Å²) in [7, 11) is 0. The van der Waals surface area contributed by atoms with Crippen molar-refractivity contribution in [2.75, 3.05) is 0 Å². The number of rotatable bonds is 9. The lowest BCUT2D eigenvalue weighted by molar-refractivity contribution is -0.122. The summed E-state index contributed by atoms with van der Waals surface area (Å²) >= 11 is 0. The summed E-state index contributed by atoms with van der Waals surface area (Å²) in [5.41, 5.74) is 3.59. The molecule has 0 aliphatic carbocycles. The van der Waals surface area contributed by atoms with Gasteiger partial charge in [-0.15, -0.1) is 0 Å². The topological polar surface area (TPSA) is 64.0 Å². The minimum atomic E-state index is -0.301. The number of nitrogens with one attached hydrogen (secondary N) is 1. The van der Waals surface area contributed by atoms with Crippen molar-refractivity contribution in [3.05, 3.63) is 125 Å². The van der Waals surface area contributed by atoms with Crippen LogP contribution in [0.4, 0.5) is 0 Å². The molecule has 1 aromatic heterocycles. The van der Waals surface area contributed by atoms with Gasteiger partial charge in [-0.25, -0.2) is 4.68 Å². The number of nitrogens with zero attached hydrogens (tertiary/aromatic N) is 2. The number of hydrogen-bond acceptors (Lipinski definition) is 3. The van der Waals surface area contributed by atoms with Gasteiger partial charge in [0.25, 0.3) is 5.56 Å². The average molecular weight is 438 g/mol. The first-order valence-corrected chi connectivity index (χ1v) is 11.2. The lowest BCUT2D eigenvalue weighted by Gasteiger charge is -2.20. The van der Waals surface area contributed by atoms with Crippen molar-refractivity contribution in [3.63, 3.8) is 0 Å². The van der Waals surface area contributed by atoms with Gasteiger partial charge in [0.2, 0.25) is 5.91 Å². The highest BCUT2D eigenvalue weighted by molar-refractivity contribution is 5.76. The van der Waals surface area contributed by atoms with Crippen LogP contribution in [-0.4, -0.2) is 15.7 Å². The van der Waals surface area contributed by atoms with Gasteiger partial charge in [-0.2, -0.15) is 5.10 Å². The van der Waals surface area contributed by atoms with Gasteiger partial charge in [0, 0.05) is 11.6 Å². The number of aryl methyl sites for hydroxylation is 1. The van der Waals surface area contributed by atoms with E-state index in [0.717, 1.165) is 30.4 Å². The average Bonchev–Trinajstić information content (AvgIpc) is 2.86. The number of aromatic nitrogens is 2. The Morgan fingerprint density at radius 3 is 2.15 bits per heavy atom. The predicted molar refractivity (Wildman–Crippen MR) is 131 cm³/mol. The van der Waals surface area contributed by atoms with Crippen LogP contribution in [0.3, 0.4) is 0 Å². The minimum Gasteiger partial charge on any atom is -0.348 e. The summed E-state index contributed by atoms with van der Waals surface area (Å²) in [6.07, 6.45) is 2.68. The number of carbonyl (C=O) groups excluding carboxylic acids is 1. The highest BCUT2D eigenvalue weighted by Crippen LogP contribution is 2.20. The molecule has 1 unspecified atom stereocenters. The Balaban J connectivity index is 1.45. The van der Waals surface area contributed by atoms with E-state index in [-0.39, 0.29) is 24.1 Å². The Morgan fingerprint density at radius 2 is 1.45 bits per heavy atom. The van der Waals surface area contributed by atoms with Gasteiger partial charge in [0.15, 0.2) is 0 Å². The Labute approximate surface area is 193 Å². The van der Waals surface area contributed by atoms with E-state index in [1.54, 1.807) is 6.07 Å². The van der Waals surface area contributed by atoms with Crippen molar-refractivity contribution in [3.8, 4) is 11.3 Å². The van der Waals surface area contributed by atoms with Crippen LogP contribution in [-0.2, 0) is 17.8 Å². The minimum absolute atomic E-state index is 0.123. The Hall–Kier alpha value is -3.99. The quantitative estimate of drug-likeness (QED) is 0.409. The van der Waals surface area contributed by atoms with Crippen molar-refractivity contribution >= 4 is 5.91 Å². The van der Waals surface area contributed by atoms with Crippen LogP contribution >= 0.6 is 0 Å². The van der Waals surface area contributed by atoms with Crippen LogP contribution in [0.15, 0.2) is 108 Å². The van der Waals surface area contributed by atoms with E-state index in [9.17, 15) is 9.59 Å². The molecule has 1 atom stereocenters. The van der Waals surface area contributed by atoms with E-state index in [4.69, 9.17) is 0 Å². The molecule has 3 aromatic carbocycles. The molecule has 0 aliphatic heterocycles. The Bertz CT molecular complexity index is 1220. The third kappa shape index (κ3) is 6.26. The predicted octanol–water partition coefficient (Wildman–Crippen LogP) is 4.79. The van der Waals surface area contributed by atoms with Gasteiger partial charge < -0.3 is 5.32 Å². The summed E-state index contributed by atoms with van der Waals surface area (Å²) < 4.78 is 1.23. The summed E-state index contributed by atoms with van der Waals surface area (Å²) in [4.78, 5) is 25.3. The molecule has 5 heteroatoms. The highest BCUT2D eigenvalue weighted by atomic mass is 16.2. The Kier molecular flexibility index (Phi) is 7.44. The molecule has 1 amide bonds. The maximum Gasteiger partial charge on any atom is 0.267 e. The maximum absolute atomic E-state index is 12.9. The van der Waals surface area contributed by atoms with E-state index < -0.39 is 0 Å². The summed E-state index contributed by atoms with van der Waals surface area (Å²) in [6.45, 7) is -0.123. The second kappa shape index (κ2) is 11.0. The molecule has 1 N–H and O–H groups in total. The van der Waals surface area contributed by atoms with Crippen molar-refractivity contribution < 1.29 is 4.79 Å². The van der Waals surface area contributed by atoms with Gasteiger partial charge in [0.1, 0.15) is 6.54 Å². The fourth-order valence-electron chi connectivity index (χ4n) is 3.86. The number of amides is 1. The van der Waals surface area contributed by atoms with Gasteiger partial charge in [-0.3, -0.25) is 9.59 Å². The first-order valence-electron chi connectivity index (χ1n) is 11.2. The van der Waals surface area contributed by atoms with Gasteiger partial charge in [-0.05, 0) is 36.5 Å². The molecule has 0 fully saturated rings. The normalized spacial score (nSPS) is 11.6. The third-order valence-electron chi connectivity index (χ3n) is 5.57. The summed E-state index contributed by atoms with van der Waals surface area (Å²) in [5.74, 6) is -0.233. The second-order valence-electron chi connectivity index (χ2n) is 7.99. The summed E-state index contributed by atoms with van der Waals surface area (Å²) in [6, 6.07) is 32.9. The van der Waals surface area contributed by atoms with E-state index in [1.165, 1.54) is 16.3 Å².